The van der Waals surface area contributed by atoms with Crippen LogP contribution in [0, 0.1) is 6.92 Å². The molecule has 1 heterocycles. The Kier molecular flexibility index (Phi) is 3.48. The van der Waals surface area contributed by atoms with Crippen LogP contribution in [0.15, 0.2) is 24.3 Å². The molecule has 1 fully saturated rings. The van der Waals surface area contributed by atoms with E-state index in [4.69, 9.17) is 4.74 Å². The van der Waals surface area contributed by atoms with Gasteiger partial charge in [0.2, 0.25) is 0 Å². The van der Waals surface area contributed by atoms with Gasteiger partial charge in [0.05, 0.1) is 7.11 Å². The Balaban J connectivity index is 2.42. The lowest BCUT2D eigenvalue weighted by atomic mass is 9.82. The summed E-state index contributed by atoms with van der Waals surface area (Å²) in [5.74, 6) is -0.178. The van der Waals surface area contributed by atoms with E-state index in [1.165, 1.54) is 7.11 Å². The number of hydrogen-bond acceptors (Lipinski definition) is 3. The quantitative estimate of drug-likeness (QED) is 0.795. The second-order valence-corrected chi connectivity index (χ2v) is 4.65. The molecule has 3 heteroatoms. The summed E-state index contributed by atoms with van der Waals surface area (Å²) in [7, 11) is 1.45. The Bertz CT molecular complexity index is 408. The maximum Gasteiger partial charge on any atom is 0.330 e. The highest BCUT2D eigenvalue weighted by molar-refractivity contribution is 5.82. The second kappa shape index (κ2) is 4.88. The van der Waals surface area contributed by atoms with Gasteiger partial charge in [0.15, 0.2) is 0 Å². The third-order valence-electron chi connectivity index (χ3n) is 3.45. The number of benzene rings is 1. The molecule has 0 aromatic heterocycles. The monoisotopic (exact) mass is 233 g/mol. The first-order valence-corrected chi connectivity index (χ1v) is 6.09. The van der Waals surface area contributed by atoms with Gasteiger partial charge in [-0.05, 0) is 38.3 Å². The van der Waals surface area contributed by atoms with E-state index >= 15 is 0 Å². The molecular formula is C14H19NO2. The molecule has 0 spiro atoms. The minimum Gasteiger partial charge on any atom is -0.467 e. The number of carbonyl (C=O) groups is 1. The molecule has 1 saturated heterocycles. The van der Waals surface area contributed by atoms with E-state index in [0.29, 0.717) is 0 Å². The highest BCUT2D eigenvalue weighted by atomic mass is 16.5. The second-order valence-electron chi connectivity index (χ2n) is 4.65. The van der Waals surface area contributed by atoms with Gasteiger partial charge in [-0.2, -0.15) is 0 Å². The normalized spacial score (nSPS) is 24.4. The van der Waals surface area contributed by atoms with Crippen molar-refractivity contribution in [2.24, 2.45) is 0 Å². The molecule has 0 aliphatic carbocycles. The van der Waals surface area contributed by atoms with Gasteiger partial charge in [-0.3, -0.25) is 5.32 Å². The predicted octanol–water partition coefficient (Wildman–Crippen LogP) is 2.14. The molecule has 3 nitrogen and oxygen atoms in total. The highest BCUT2D eigenvalue weighted by Gasteiger charge is 2.42. The van der Waals surface area contributed by atoms with Crippen molar-refractivity contribution in [2.45, 2.75) is 31.7 Å². The van der Waals surface area contributed by atoms with E-state index in [-0.39, 0.29) is 5.97 Å². The van der Waals surface area contributed by atoms with Crippen molar-refractivity contribution in [2.75, 3.05) is 13.7 Å². The maximum absolute atomic E-state index is 12.1. The van der Waals surface area contributed by atoms with Crippen LogP contribution in [0.1, 0.15) is 30.4 Å². The molecule has 2 rings (SSSR count). The number of nitrogens with one attached hydrogen (secondary N) is 1. The summed E-state index contributed by atoms with van der Waals surface area (Å²) in [6.45, 7) is 2.90. The van der Waals surface area contributed by atoms with Gasteiger partial charge >= 0.3 is 5.97 Å². The van der Waals surface area contributed by atoms with Crippen LogP contribution in [0.3, 0.4) is 0 Å². The molecule has 17 heavy (non-hydrogen) atoms. The summed E-state index contributed by atoms with van der Waals surface area (Å²) in [5, 5.41) is 3.35. The number of ether oxygens (including phenoxy) is 1. The Labute approximate surface area is 102 Å². The molecule has 1 aliphatic heterocycles. The van der Waals surface area contributed by atoms with Gasteiger partial charge in [0.25, 0.3) is 0 Å². The Hall–Kier alpha value is -1.35. The molecule has 0 radical (unpaired) electrons. The van der Waals surface area contributed by atoms with Crippen molar-refractivity contribution in [1.82, 2.24) is 5.32 Å². The van der Waals surface area contributed by atoms with Gasteiger partial charge < -0.3 is 4.74 Å². The number of aryl methyl sites for hydroxylation is 1. The lowest BCUT2D eigenvalue weighted by molar-refractivity contribution is -0.150. The Morgan fingerprint density at radius 3 is 2.82 bits per heavy atom. The fourth-order valence-electron chi connectivity index (χ4n) is 2.53. The topological polar surface area (TPSA) is 38.3 Å². The first kappa shape index (κ1) is 12.1. The van der Waals surface area contributed by atoms with Crippen molar-refractivity contribution < 1.29 is 9.53 Å². The zero-order chi connectivity index (χ0) is 12.3. The Morgan fingerprint density at radius 1 is 1.41 bits per heavy atom. The first-order chi connectivity index (χ1) is 8.19. The minimum atomic E-state index is -0.640. The number of hydrogen-bond donors (Lipinski definition) is 1. The minimum absolute atomic E-state index is 0.178. The van der Waals surface area contributed by atoms with E-state index in [1.807, 2.05) is 25.1 Å². The first-order valence-electron chi connectivity index (χ1n) is 6.09. The van der Waals surface area contributed by atoms with Gasteiger partial charge in [0.1, 0.15) is 5.54 Å². The smallest absolute Gasteiger partial charge is 0.330 e. The van der Waals surface area contributed by atoms with E-state index in [0.717, 1.165) is 36.9 Å². The van der Waals surface area contributed by atoms with Crippen LogP contribution in [0.25, 0.3) is 0 Å². The standard InChI is InChI=1S/C14H19NO2/c1-11-6-5-7-12(10-11)14(13(16)17-2)8-3-4-9-15-14/h5-7,10,15H,3-4,8-9H2,1-2H3. The summed E-state index contributed by atoms with van der Waals surface area (Å²) in [6, 6.07) is 8.10. The van der Waals surface area contributed by atoms with Crippen molar-refractivity contribution in [1.29, 1.82) is 0 Å². The number of piperidine rings is 1. The van der Waals surface area contributed by atoms with Crippen LogP contribution in [-0.4, -0.2) is 19.6 Å². The number of esters is 1. The summed E-state index contributed by atoms with van der Waals surface area (Å²) < 4.78 is 4.99. The molecule has 0 bridgehead atoms. The van der Waals surface area contributed by atoms with Crippen LogP contribution in [-0.2, 0) is 15.1 Å². The zero-order valence-corrected chi connectivity index (χ0v) is 10.5. The molecule has 1 aromatic rings. The molecule has 1 unspecified atom stereocenters. The molecule has 1 N–H and O–H groups in total. The van der Waals surface area contributed by atoms with Crippen LogP contribution < -0.4 is 5.32 Å². The van der Waals surface area contributed by atoms with Crippen LogP contribution in [0.2, 0.25) is 0 Å². The van der Waals surface area contributed by atoms with Crippen molar-refractivity contribution in [3.8, 4) is 0 Å². The van der Waals surface area contributed by atoms with Crippen molar-refractivity contribution in [3.63, 3.8) is 0 Å². The summed E-state index contributed by atoms with van der Waals surface area (Å²) >= 11 is 0. The zero-order valence-electron chi connectivity index (χ0n) is 10.5. The molecule has 1 aliphatic rings. The average Bonchev–Trinajstić information content (AvgIpc) is 2.38. The fraction of sp³-hybridized carbons (Fsp3) is 0.500. The lowest BCUT2D eigenvalue weighted by Crippen LogP contribution is -2.52. The van der Waals surface area contributed by atoms with E-state index in [2.05, 4.69) is 11.4 Å². The van der Waals surface area contributed by atoms with Crippen LogP contribution in [0.4, 0.5) is 0 Å². The van der Waals surface area contributed by atoms with Gasteiger partial charge in [-0.15, -0.1) is 0 Å². The van der Waals surface area contributed by atoms with Crippen LogP contribution >= 0.6 is 0 Å². The summed E-state index contributed by atoms with van der Waals surface area (Å²) in [5.41, 5.74) is 1.54. The average molecular weight is 233 g/mol. The van der Waals surface area contributed by atoms with Gasteiger partial charge in [0, 0.05) is 0 Å². The molecule has 1 aromatic carbocycles. The molecular weight excluding hydrogens is 214 g/mol. The maximum atomic E-state index is 12.1. The molecule has 1 atom stereocenters. The van der Waals surface area contributed by atoms with E-state index < -0.39 is 5.54 Å². The van der Waals surface area contributed by atoms with Gasteiger partial charge in [-0.1, -0.05) is 29.8 Å². The fourth-order valence-corrected chi connectivity index (χ4v) is 2.53. The molecule has 0 amide bonds. The third-order valence-corrected chi connectivity index (χ3v) is 3.45. The SMILES string of the molecule is COC(=O)C1(c2cccc(C)c2)CCCCN1. The third kappa shape index (κ3) is 2.20. The van der Waals surface area contributed by atoms with E-state index in [9.17, 15) is 4.79 Å². The van der Waals surface area contributed by atoms with Gasteiger partial charge in [-0.25, -0.2) is 4.79 Å². The molecule has 92 valence electrons. The summed E-state index contributed by atoms with van der Waals surface area (Å²) in [4.78, 5) is 12.1. The summed E-state index contributed by atoms with van der Waals surface area (Å²) in [6.07, 6.45) is 2.98. The predicted molar refractivity (Wildman–Crippen MR) is 66.7 cm³/mol. The molecule has 0 saturated carbocycles. The Morgan fingerprint density at radius 2 is 2.24 bits per heavy atom. The number of methoxy groups -OCH3 is 1. The lowest BCUT2D eigenvalue weighted by Gasteiger charge is -2.36. The van der Waals surface area contributed by atoms with Crippen molar-refractivity contribution in [3.05, 3.63) is 35.4 Å². The number of rotatable bonds is 2. The highest BCUT2D eigenvalue weighted by Crippen LogP contribution is 2.32. The van der Waals surface area contributed by atoms with E-state index in [1.54, 1.807) is 0 Å². The number of carbonyl (C=O) groups excluding carboxylic acids is 1. The van der Waals surface area contributed by atoms with Crippen LogP contribution in [0.5, 0.6) is 0 Å². The van der Waals surface area contributed by atoms with Crippen molar-refractivity contribution >= 4 is 5.97 Å². The largest absolute Gasteiger partial charge is 0.467 e.